The molecule has 1 fully saturated rings. The molecule has 0 aliphatic carbocycles. The normalized spacial score (nSPS) is 15.8. The molecule has 0 saturated carbocycles. The third-order valence-corrected chi connectivity index (χ3v) is 4.11. The molecule has 0 aromatic heterocycles. The number of benzene rings is 1. The molecule has 1 aromatic rings. The molecule has 0 atom stereocenters. The number of piperidine rings is 1. The van der Waals surface area contributed by atoms with E-state index in [4.69, 9.17) is 34.4 Å². The van der Waals surface area contributed by atoms with Crippen LogP contribution in [0.3, 0.4) is 0 Å². The lowest BCUT2D eigenvalue weighted by Crippen LogP contribution is -2.40. The predicted molar refractivity (Wildman–Crippen MR) is 80.2 cm³/mol. The van der Waals surface area contributed by atoms with Gasteiger partial charge in [-0.05, 0) is 30.9 Å². The number of carbonyl (C=O) groups excluding carboxylic acids is 1. The van der Waals surface area contributed by atoms with Crippen molar-refractivity contribution in [2.24, 2.45) is 5.92 Å². The van der Waals surface area contributed by atoms with Crippen LogP contribution in [0.5, 0.6) is 5.75 Å². The van der Waals surface area contributed by atoms with Gasteiger partial charge in [-0.25, -0.2) is 4.79 Å². The molecule has 3 nitrogen and oxygen atoms in total. The molecule has 106 valence electrons. The Labute approximate surface area is 128 Å². The first-order valence-electron chi connectivity index (χ1n) is 6.45. The number of halogens is 2. The number of carbonyl (C=O) groups is 1. The van der Waals surface area contributed by atoms with Crippen LogP contribution in [0.2, 0.25) is 10.0 Å². The van der Waals surface area contributed by atoms with Gasteiger partial charge in [0.15, 0.2) is 0 Å². The van der Waals surface area contributed by atoms with E-state index in [-0.39, 0.29) is 6.09 Å². The van der Waals surface area contributed by atoms with E-state index in [1.807, 2.05) is 0 Å². The topological polar surface area (TPSA) is 29.5 Å². The van der Waals surface area contributed by atoms with Gasteiger partial charge in [0.05, 0.1) is 10.0 Å². The second-order valence-corrected chi connectivity index (χ2v) is 5.60. The van der Waals surface area contributed by atoms with Crippen LogP contribution in [0.4, 0.5) is 4.79 Å². The summed E-state index contributed by atoms with van der Waals surface area (Å²) in [5, 5.41) is 0.797. The molecule has 0 spiro atoms. The van der Waals surface area contributed by atoms with Crippen LogP contribution in [0.1, 0.15) is 19.3 Å². The van der Waals surface area contributed by atoms with Gasteiger partial charge in [0, 0.05) is 25.6 Å². The van der Waals surface area contributed by atoms with Crippen LogP contribution in [0.25, 0.3) is 0 Å². The van der Waals surface area contributed by atoms with E-state index >= 15 is 0 Å². The number of ether oxygens (including phenoxy) is 1. The minimum absolute atomic E-state index is 0.359. The Kier molecular flexibility index (Phi) is 5.17. The number of hydrogen-bond donors (Lipinski definition) is 0. The van der Waals surface area contributed by atoms with Gasteiger partial charge in [0.25, 0.3) is 0 Å². The number of nitrogens with zero attached hydrogens (tertiary/aromatic N) is 1. The zero-order valence-corrected chi connectivity index (χ0v) is 12.5. The Bertz CT molecular complexity index is 531. The fourth-order valence-electron chi connectivity index (χ4n) is 2.19. The van der Waals surface area contributed by atoms with E-state index in [2.05, 4.69) is 5.92 Å². The van der Waals surface area contributed by atoms with E-state index in [9.17, 15) is 4.79 Å². The molecule has 0 unspecified atom stereocenters. The standard InChI is InChI=1S/C15H15Cl2NO2/c1-2-3-11-6-8-18(9-7-11)15(19)20-12-4-5-13(16)14(17)10-12/h1,4-5,10-11H,3,6-9H2. The highest BCUT2D eigenvalue weighted by Crippen LogP contribution is 2.27. The minimum atomic E-state index is -0.359. The average molecular weight is 312 g/mol. The van der Waals surface area contributed by atoms with Crippen molar-refractivity contribution in [3.8, 4) is 18.1 Å². The van der Waals surface area contributed by atoms with Gasteiger partial charge < -0.3 is 9.64 Å². The van der Waals surface area contributed by atoms with E-state index in [0.29, 0.717) is 34.8 Å². The highest BCUT2D eigenvalue weighted by molar-refractivity contribution is 6.42. The Morgan fingerprint density at radius 1 is 1.35 bits per heavy atom. The van der Waals surface area contributed by atoms with Crippen molar-refractivity contribution < 1.29 is 9.53 Å². The summed E-state index contributed by atoms with van der Waals surface area (Å²) < 4.78 is 5.29. The molecule has 1 heterocycles. The van der Waals surface area contributed by atoms with Crippen LogP contribution >= 0.6 is 23.2 Å². The lowest BCUT2D eigenvalue weighted by molar-refractivity contribution is 0.131. The van der Waals surface area contributed by atoms with E-state index in [1.165, 1.54) is 6.07 Å². The lowest BCUT2D eigenvalue weighted by Gasteiger charge is -2.30. The van der Waals surface area contributed by atoms with Gasteiger partial charge in [-0.2, -0.15) is 0 Å². The molecule has 1 amide bonds. The predicted octanol–water partition coefficient (Wildman–Crippen LogP) is 4.23. The van der Waals surface area contributed by atoms with E-state index in [0.717, 1.165) is 19.3 Å². The van der Waals surface area contributed by atoms with Crippen molar-refractivity contribution in [2.45, 2.75) is 19.3 Å². The minimum Gasteiger partial charge on any atom is -0.410 e. The van der Waals surface area contributed by atoms with Gasteiger partial charge in [-0.1, -0.05) is 23.2 Å². The van der Waals surface area contributed by atoms with Gasteiger partial charge in [-0.3, -0.25) is 0 Å². The summed E-state index contributed by atoms with van der Waals surface area (Å²) in [6.45, 7) is 1.35. The summed E-state index contributed by atoms with van der Waals surface area (Å²) in [7, 11) is 0. The molecule has 0 radical (unpaired) electrons. The Hall–Kier alpha value is -1.37. The van der Waals surface area contributed by atoms with Crippen LogP contribution < -0.4 is 4.74 Å². The first kappa shape index (κ1) is 15.0. The van der Waals surface area contributed by atoms with Crippen molar-refractivity contribution >= 4 is 29.3 Å². The monoisotopic (exact) mass is 311 g/mol. The van der Waals surface area contributed by atoms with E-state index in [1.54, 1.807) is 17.0 Å². The van der Waals surface area contributed by atoms with Crippen molar-refractivity contribution in [3.63, 3.8) is 0 Å². The molecular weight excluding hydrogens is 297 g/mol. The van der Waals surface area contributed by atoms with Gasteiger partial charge in [0.2, 0.25) is 0 Å². The highest BCUT2D eigenvalue weighted by atomic mass is 35.5. The van der Waals surface area contributed by atoms with Crippen molar-refractivity contribution in [1.29, 1.82) is 0 Å². The zero-order valence-electron chi connectivity index (χ0n) is 10.9. The number of likely N-dealkylation sites (tertiary alicyclic amines) is 1. The Balaban J connectivity index is 1.89. The van der Waals surface area contributed by atoms with Crippen molar-refractivity contribution in [1.82, 2.24) is 4.90 Å². The van der Waals surface area contributed by atoms with Gasteiger partial charge in [-0.15, -0.1) is 12.3 Å². The zero-order chi connectivity index (χ0) is 14.5. The maximum atomic E-state index is 12.0. The molecule has 1 aromatic carbocycles. The molecule has 0 N–H and O–H groups in total. The summed E-state index contributed by atoms with van der Waals surface area (Å²) >= 11 is 11.7. The third kappa shape index (κ3) is 3.82. The molecule has 0 bridgehead atoms. The third-order valence-electron chi connectivity index (χ3n) is 3.38. The Morgan fingerprint density at radius 3 is 2.65 bits per heavy atom. The smallest absolute Gasteiger partial charge is 0.410 e. The van der Waals surface area contributed by atoms with Gasteiger partial charge >= 0.3 is 6.09 Å². The lowest BCUT2D eigenvalue weighted by atomic mass is 9.94. The van der Waals surface area contributed by atoms with E-state index < -0.39 is 0 Å². The summed E-state index contributed by atoms with van der Waals surface area (Å²) in [6, 6.07) is 4.76. The number of hydrogen-bond acceptors (Lipinski definition) is 2. The fraction of sp³-hybridized carbons (Fsp3) is 0.400. The van der Waals surface area contributed by atoms with Crippen LogP contribution in [0.15, 0.2) is 18.2 Å². The van der Waals surface area contributed by atoms with Crippen molar-refractivity contribution in [3.05, 3.63) is 28.2 Å². The van der Waals surface area contributed by atoms with Crippen LogP contribution in [-0.4, -0.2) is 24.1 Å². The largest absolute Gasteiger partial charge is 0.415 e. The van der Waals surface area contributed by atoms with Crippen LogP contribution in [-0.2, 0) is 0 Å². The Morgan fingerprint density at radius 2 is 2.05 bits per heavy atom. The SMILES string of the molecule is C#CCC1CCN(C(=O)Oc2ccc(Cl)c(Cl)c2)CC1. The molecule has 1 aliphatic heterocycles. The molecule has 1 saturated heterocycles. The summed E-state index contributed by atoms with van der Waals surface area (Å²) in [6.07, 6.45) is 7.55. The second kappa shape index (κ2) is 6.88. The summed E-state index contributed by atoms with van der Waals surface area (Å²) in [4.78, 5) is 13.7. The molecule has 2 rings (SSSR count). The van der Waals surface area contributed by atoms with Crippen LogP contribution in [0, 0.1) is 18.3 Å². The summed E-state index contributed by atoms with van der Waals surface area (Å²) in [5.74, 6) is 3.58. The number of rotatable bonds is 2. The molecule has 1 aliphatic rings. The number of amides is 1. The summed E-state index contributed by atoms with van der Waals surface area (Å²) in [5.41, 5.74) is 0. The average Bonchev–Trinajstić information content (AvgIpc) is 2.44. The first-order valence-corrected chi connectivity index (χ1v) is 7.21. The second-order valence-electron chi connectivity index (χ2n) is 4.78. The van der Waals surface area contributed by atoms with Gasteiger partial charge in [0.1, 0.15) is 5.75 Å². The number of terminal acetylenes is 1. The molecule has 5 heteroatoms. The fourth-order valence-corrected chi connectivity index (χ4v) is 2.48. The molecular formula is C15H15Cl2NO2. The maximum absolute atomic E-state index is 12.0. The molecule has 20 heavy (non-hydrogen) atoms. The van der Waals surface area contributed by atoms with Crippen molar-refractivity contribution in [2.75, 3.05) is 13.1 Å². The highest BCUT2D eigenvalue weighted by Gasteiger charge is 2.23. The maximum Gasteiger partial charge on any atom is 0.415 e. The quantitative estimate of drug-likeness (QED) is 0.765. The first-order chi connectivity index (χ1) is 9.60.